The van der Waals surface area contributed by atoms with E-state index in [0.29, 0.717) is 32.3 Å². The molecule has 0 bridgehead atoms. The molecular weight excluding hydrogens is 257 g/mol. The predicted octanol–water partition coefficient (Wildman–Crippen LogP) is 2.20. The first-order valence-electron chi connectivity index (χ1n) is 6.61. The molecule has 1 heterocycles. The van der Waals surface area contributed by atoms with Crippen LogP contribution < -0.4 is 5.32 Å². The van der Waals surface area contributed by atoms with Crippen molar-refractivity contribution in [3.63, 3.8) is 0 Å². The Balaban J connectivity index is 2.05. The van der Waals surface area contributed by atoms with Gasteiger partial charge in [0.1, 0.15) is 0 Å². The average Bonchev–Trinajstić information content (AvgIpc) is 2.28. The Kier molecular flexibility index (Phi) is 6.82. The standard InChI is InChI=1S/C13H23F3N2O/c1-11(2)9-19-8-5-17-12-3-6-18(7-4-12)10-13(14,15)16/h12,17H,1,3-10H2,2H3. The lowest BCUT2D eigenvalue weighted by Gasteiger charge is -2.32. The second-order valence-corrected chi connectivity index (χ2v) is 5.13. The van der Waals surface area contributed by atoms with Crippen molar-refractivity contribution in [3.8, 4) is 0 Å². The number of likely N-dealkylation sites (tertiary alicyclic amines) is 1. The first-order chi connectivity index (χ1) is 8.87. The van der Waals surface area contributed by atoms with E-state index in [-0.39, 0.29) is 0 Å². The summed E-state index contributed by atoms with van der Waals surface area (Å²) in [5, 5.41) is 3.32. The van der Waals surface area contributed by atoms with E-state index in [1.54, 1.807) is 0 Å². The molecule has 3 nitrogen and oxygen atoms in total. The zero-order valence-corrected chi connectivity index (χ0v) is 11.4. The zero-order valence-electron chi connectivity index (χ0n) is 11.4. The van der Waals surface area contributed by atoms with Crippen LogP contribution in [0.15, 0.2) is 12.2 Å². The smallest absolute Gasteiger partial charge is 0.376 e. The van der Waals surface area contributed by atoms with Crippen LogP contribution in [0.1, 0.15) is 19.8 Å². The molecule has 0 saturated carbocycles. The largest absolute Gasteiger partial charge is 0.401 e. The number of piperidine rings is 1. The minimum Gasteiger partial charge on any atom is -0.376 e. The van der Waals surface area contributed by atoms with Gasteiger partial charge in [0.2, 0.25) is 0 Å². The topological polar surface area (TPSA) is 24.5 Å². The Hall–Kier alpha value is -0.590. The molecule has 112 valence electrons. The monoisotopic (exact) mass is 280 g/mol. The summed E-state index contributed by atoms with van der Waals surface area (Å²) in [6.45, 7) is 7.76. The quantitative estimate of drug-likeness (QED) is 0.571. The summed E-state index contributed by atoms with van der Waals surface area (Å²) in [6, 6.07) is 0.304. The number of rotatable bonds is 7. The Morgan fingerprint density at radius 1 is 1.37 bits per heavy atom. The number of hydrogen-bond acceptors (Lipinski definition) is 3. The molecular formula is C13H23F3N2O. The Morgan fingerprint density at radius 2 is 2.00 bits per heavy atom. The summed E-state index contributed by atoms with van der Waals surface area (Å²) in [7, 11) is 0. The van der Waals surface area contributed by atoms with Gasteiger partial charge in [-0.2, -0.15) is 13.2 Å². The number of alkyl halides is 3. The maximum absolute atomic E-state index is 12.2. The lowest BCUT2D eigenvalue weighted by atomic mass is 10.1. The van der Waals surface area contributed by atoms with E-state index < -0.39 is 12.7 Å². The second kappa shape index (κ2) is 7.87. The zero-order chi connectivity index (χ0) is 14.3. The molecule has 1 rings (SSSR count). The van der Waals surface area contributed by atoms with Crippen molar-refractivity contribution >= 4 is 0 Å². The van der Waals surface area contributed by atoms with E-state index >= 15 is 0 Å². The van der Waals surface area contributed by atoms with E-state index in [4.69, 9.17) is 4.74 Å². The van der Waals surface area contributed by atoms with Crippen LogP contribution in [0.25, 0.3) is 0 Å². The lowest BCUT2D eigenvalue weighted by Crippen LogP contribution is -2.46. The molecule has 1 fully saturated rings. The Morgan fingerprint density at radius 3 is 2.53 bits per heavy atom. The van der Waals surface area contributed by atoms with E-state index in [1.165, 1.54) is 4.90 Å². The number of nitrogens with zero attached hydrogens (tertiary/aromatic N) is 1. The molecule has 19 heavy (non-hydrogen) atoms. The summed E-state index contributed by atoms with van der Waals surface area (Å²) in [4.78, 5) is 1.47. The van der Waals surface area contributed by atoms with Crippen LogP contribution in [0, 0.1) is 0 Å². The van der Waals surface area contributed by atoms with Crippen molar-refractivity contribution in [3.05, 3.63) is 12.2 Å². The molecule has 0 radical (unpaired) electrons. The first kappa shape index (κ1) is 16.5. The van der Waals surface area contributed by atoms with Gasteiger partial charge in [-0.1, -0.05) is 12.2 Å². The fraction of sp³-hybridized carbons (Fsp3) is 0.846. The molecule has 6 heteroatoms. The van der Waals surface area contributed by atoms with Crippen molar-refractivity contribution in [2.75, 3.05) is 39.4 Å². The fourth-order valence-electron chi connectivity index (χ4n) is 2.13. The minimum atomic E-state index is -4.09. The van der Waals surface area contributed by atoms with E-state index in [1.807, 2.05) is 6.92 Å². The second-order valence-electron chi connectivity index (χ2n) is 5.13. The van der Waals surface area contributed by atoms with Crippen molar-refractivity contribution in [2.45, 2.75) is 32.0 Å². The average molecular weight is 280 g/mol. The molecule has 1 aliphatic rings. The molecule has 0 aromatic heterocycles. The number of halogens is 3. The van der Waals surface area contributed by atoms with Crippen LogP contribution >= 0.6 is 0 Å². The van der Waals surface area contributed by atoms with E-state index in [2.05, 4.69) is 11.9 Å². The van der Waals surface area contributed by atoms with Gasteiger partial charge in [-0.05, 0) is 32.9 Å². The van der Waals surface area contributed by atoms with Gasteiger partial charge in [0, 0.05) is 12.6 Å². The van der Waals surface area contributed by atoms with E-state index in [9.17, 15) is 13.2 Å². The van der Waals surface area contributed by atoms with Crippen LogP contribution in [0.3, 0.4) is 0 Å². The SMILES string of the molecule is C=C(C)COCCNC1CCN(CC(F)(F)F)CC1. The summed E-state index contributed by atoms with van der Waals surface area (Å²) in [6.07, 6.45) is -2.57. The van der Waals surface area contributed by atoms with E-state index in [0.717, 1.165) is 25.0 Å². The Labute approximate surface area is 112 Å². The molecule has 0 spiro atoms. The molecule has 0 aromatic carbocycles. The maximum atomic E-state index is 12.2. The van der Waals surface area contributed by atoms with Crippen molar-refractivity contribution in [2.24, 2.45) is 0 Å². The highest BCUT2D eigenvalue weighted by Gasteiger charge is 2.32. The van der Waals surface area contributed by atoms with Gasteiger partial charge in [-0.15, -0.1) is 0 Å². The molecule has 0 atom stereocenters. The van der Waals surface area contributed by atoms with Gasteiger partial charge in [-0.3, -0.25) is 4.90 Å². The third-order valence-corrected chi connectivity index (χ3v) is 3.02. The number of hydrogen-bond donors (Lipinski definition) is 1. The third-order valence-electron chi connectivity index (χ3n) is 3.02. The highest BCUT2D eigenvalue weighted by Crippen LogP contribution is 2.19. The normalized spacial score (nSPS) is 18.7. The summed E-state index contributed by atoms with van der Waals surface area (Å²) in [5.41, 5.74) is 0.987. The molecule has 0 aromatic rings. The predicted molar refractivity (Wildman–Crippen MR) is 69.2 cm³/mol. The lowest BCUT2D eigenvalue weighted by molar-refractivity contribution is -0.148. The molecule has 1 N–H and O–H groups in total. The molecule has 0 unspecified atom stereocenters. The third kappa shape index (κ3) is 8.23. The molecule has 0 amide bonds. The minimum absolute atomic E-state index is 0.304. The van der Waals surface area contributed by atoms with Crippen LogP contribution in [-0.2, 0) is 4.74 Å². The number of nitrogens with one attached hydrogen (secondary N) is 1. The van der Waals surface area contributed by atoms with Gasteiger partial charge < -0.3 is 10.1 Å². The van der Waals surface area contributed by atoms with Crippen molar-refractivity contribution in [1.82, 2.24) is 10.2 Å². The summed E-state index contributed by atoms with van der Waals surface area (Å²) >= 11 is 0. The van der Waals surface area contributed by atoms with Gasteiger partial charge in [-0.25, -0.2) is 0 Å². The highest BCUT2D eigenvalue weighted by molar-refractivity contribution is 4.87. The molecule has 0 aliphatic carbocycles. The summed E-state index contributed by atoms with van der Waals surface area (Å²) in [5.74, 6) is 0. The molecule has 1 saturated heterocycles. The van der Waals surface area contributed by atoms with Crippen molar-refractivity contribution < 1.29 is 17.9 Å². The van der Waals surface area contributed by atoms with Gasteiger partial charge in [0.05, 0.1) is 19.8 Å². The van der Waals surface area contributed by atoms with Crippen LogP contribution in [0.5, 0.6) is 0 Å². The van der Waals surface area contributed by atoms with Crippen LogP contribution in [-0.4, -0.2) is 56.5 Å². The van der Waals surface area contributed by atoms with Gasteiger partial charge in [0.15, 0.2) is 0 Å². The summed E-state index contributed by atoms with van der Waals surface area (Å²) < 4.78 is 42.0. The van der Waals surface area contributed by atoms with Crippen LogP contribution in [0.4, 0.5) is 13.2 Å². The Bertz CT molecular complexity index is 274. The highest BCUT2D eigenvalue weighted by atomic mass is 19.4. The van der Waals surface area contributed by atoms with Crippen LogP contribution in [0.2, 0.25) is 0 Å². The first-order valence-corrected chi connectivity index (χ1v) is 6.61. The van der Waals surface area contributed by atoms with Crippen molar-refractivity contribution in [1.29, 1.82) is 0 Å². The van der Waals surface area contributed by atoms with Gasteiger partial charge >= 0.3 is 6.18 Å². The fourth-order valence-corrected chi connectivity index (χ4v) is 2.13. The van der Waals surface area contributed by atoms with Gasteiger partial charge in [0.25, 0.3) is 0 Å². The molecule has 1 aliphatic heterocycles. The maximum Gasteiger partial charge on any atom is 0.401 e. The number of ether oxygens (including phenoxy) is 1.